The van der Waals surface area contributed by atoms with Gasteiger partial charge in [0.2, 0.25) is 0 Å². The van der Waals surface area contributed by atoms with Crippen LogP contribution in [-0.4, -0.2) is 32.4 Å². The summed E-state index contributed by atoms with van der Waals surface area (Å²) in [5.74, 6) is 4.64. The van der Waals surface area contributed by atoms with Gasteiger partial charge in [-0.3, -0.25) is 11.3 Å². The van der Waals surface area contributed by atoms with Gasteiger partial charge in [-0.05, 0) is 30.4 Å². The van der Waals surface area contributed by atoms with E-state index in [-0.39, 0.29) is 24.8 Å². The van der Waals surface area contributed by atoms with Crippen LogP contribution in [0.1, 0.15) is 31.5 Å². The van der Waals surface area contributed by atoms with Gasteiger partial charge in [-0.2, -0.15) is 18.0 Å². The highest BCUT2D eigenvalue weighted by molar-refractivity contribution is 4.90. The van der Waals surface area contributed by atoms with Gasteiger partial charge in [-0.15, -0.1) is 10.2 Å². The number of nitrogens with one attached hydrogen (secondary N) is 1. The van der Waals surface area contributed by atoms with E-state index in [1.165, 1.54) is 4.80 Å². The molecule has 3 atom stereocenters. The topological polar surface area (TPSA) is 81.7 Å². The van der Waals surface area contributed by atoms with Crippen molar-refractivity contribution in [2.75, 3.05) is 0 Å². The predicted octanol–water partition coefficient (Wildman–Crippen LogP) is 0.953. The van der Waals surface area contributed by atoms with Crippen molar-refractivity contribution in [3.8, 4) is 0 Å². The van der Waals surface area contributed by atoms with Crippen LogP contribution >= 0.6 is 0 Å². The summed E-state index contributed by atoms with van der Waals surface area (Å²) in [5.41, 5.74) is 2.62. The molecule has 0 aliphatic heterocycles. The summed E-state index contributed by atoms with van der Waals surface area (Å²) >= 11 is 0. The van der Waals surface area contributed by atoms with E-state index >= 15 is 0 Å². The highest BCUT2D eigenvalue weighted by atomic mass is 19.4. The van der Waals surface area contributed by atoms with E-state index in [2.05, 4.69) is 20.8 Å². The van der Waals surface area contributed by atoms with Crippen LogP contribution in [0.15, 0.2) is 0 Å². The normalized spacial score (nSPS) is 25.6. The average Bonchev–Trinajstić information content (AvgIpc) is 2.81. The maximum atomic E-state index is 12.8. The van der Waals surface area contributed by atoms with Crippen LogP contribution in [0.3, 0.4) is 0 Å². The van der Waals surface area contributed by atoms with Crippen LogP contribution in [0.2, 0.25) is 0 Å². The number of hydrogen-bond donors (Lipinski definition) is 2. The SMILES string of the molecule is Cn1nnc(CC(NN)C2CCCC(C(F)(F)F)C2)n1. The summed E-state index contributed by atoms with van der Waals surface area (Å²) in [7, 11) is 1.64. The third-order valence-electron chi connectivity index (χ3n) is 3.91. The minimum Gasteiger partial charge on any atom is -0.271 e. The minimum atomic E-state index is -4.12. The Morgan fingerprint density at radius 2 is 2.20 bits per heavy atom. The van der Waals surface area contributed by atoms with Gasteiger partial charge in [0.1, 0.15) is 0 Å². The molecule has 3 N–H and O–H groups in total. The fourth-order valence-corrected chi connectivity index (χ4v) is 2.85. The van der Waals surface area contributed by atoms with E-state index in [0.29, 0.717) is 18.7 Å². The van der Waals surface area contributed by atoms with Crippen LogP contribution in [-0.2, 0) is 13.5 Å². The molecule has 0 saturated heterocycles. The molecule has 1 aliphatic rings. The lowest BCUT2D eigenvalue weighted by Gasteiger charge is -2.34. The highest BCUT2D eigenvalue weighted by Gasteiger charge is 2.43. The van der Waals surface area contributed by atoms with E-state index < -0.39 is 12.1 Å². The first-order valence-corrected chi connectivity index (χ1v) is 6.66. The van der Waals surface area contributed by atoms with E-state index in [0.717, 1.165) is 6.42 Å². The second-order valence-electron chi connectivity index (χ2n) is 5.34. The fourth-order valence-electron chi connectivity index (χ4n) is 2.85. The minimum absolute atomic E-state index is 0.110. The lowest BCUT2D eigenvalue weighted by molar-refractivity contribution is -0.186. The van der Waals surface area contributed by atoms with Crippen molar-refractivity contribution in [2.45, 2.75) is 44.3 Å². The molecule has 1 fully saturated rings. The number of nitrogens with two attached hydrogens (primary N) is 1. The van der Waals surface area contributed by atoms with Crippen LogP contribution < -0.4 is 11.3 Å². The van der Waals surface area contributed by atoms with Crippen molar-refractivity contribution in [1.82, 2.24) is 25.6 Å². The Bertz CT molecular complexity index is 432. The number of hydrazine groups is 1. The van der Waals surface area contributed by atoms with Crippen molar-refractivity contribution in [1.29, 1.82) is 0 Å². The van der Waals surface area contributed by atoms with Gasteiger partial charge in [0, 0.05) is 12.5 Å². The Hall–Kier alpha value is -1.22. The molecule has 0 aromatic carbocycles. The third-order valence-corrected chi connectivity index (χ3v) is 3.91. The van der Waals surface area contributed by atoms with Crippen molar-refractivity contribution in [2.24, 2.45) is 24.7 Å². The second-order valence-corrected chi connectivity index (χ2v) is 5.34. The van der Waals surface area contributed by atoms with Crippen LogP contribution in [0.5, 0.6) is 0 Å². The van der Waals surface area contributed by atoms with Crippen LogP contribution in [0.25, 0.3) is 0 Å². The Balaban J connectivity index is 2.00. The highest BCUT2D eigenvalue weighted by Crippen LogP contribution is 2.41. The van der Waals surface area contributed by atoms with Crippen molar-refractivity contribution < 1.29 is 13.2 Å². The predicted molar refractivity (Wildman–Crippen MR) is 65.1 cm³/mol. The standard InChI is InChI=1S/C11H19F3N6/c1-20-18-10(17-19-20)6-9(16-15)7-3-2-4-8(5-7)11(12,13)14/h7-9,16H,2-6,15H2,1H3. The quantitative estimate of drug-likeness (QED) is 0.638. The summed E-state index contributed by atoms with van der Waals surface area (Å²) in [6.45, 7) is 0. The van der Waals surface area contributed by atoms with Crippen molar-refractivity contribution in [3.63, 3.8) is 0 Å². The number of hydrogen-bond acceptors (Lipinski definition) is 5. The van der Waals surface area contributed by atoms with Crippen LogP contribution in [0.4, 0.5) is 13.2 Å². The van der Waals surface area contributed by atoms with E-state index in [1.54, 1.807) is 7.05 Å². The lowest BCUT2D eigenvalue weighted by atomic mass is 9.77. The summed E-state index contributed by atoms with van der Waals surface area (Å²) in [6.07, 6.45) is -2.11. The van der Waals surface area contributed by atoms with Crippen molar-refractivity contribution in [3.05, 3.63) is 5.82 Å². The first kappa shape index (κ1) is 15.2. The van der Waals surface area contributed by atoms with Crippen molar-refractivity contribution >= 4 is 0 Å². The number of nitrogens with zero attached hydrogens (tertiary/aromatic N) is 4. The molecule has 1 saturated carbocycles. The second kappa shape index (κ2) is 6.04. The Morgan fingerprint density at radius 3 is 2.75 bits per heavy atom. The Labute approximate surface area is 114 Å². The van der Waals surface area contributed by atoms with Gasteiger partial charge in [-0.25, -0.2) is 0 Å². The molecular formula is C11H19F3N6. The molecule has 6 nitrogen and oxygen atoms in total. The molecule has 9 heteroatoms. The summed E-state index contributed by atoms with van der Waals surface area (Å²) in [4.78, 5) is 1.32. The third kappa shape index (κ3) is 3.66. The molecule has 1 aromatic heterocycles. The zero-order chi connectivity index (χ0) is 14.8. The van der Waals surface area contributed by atoms with Crippen LogP contribution in [0, 0.1) is 11.8 Å². The van der Waals surface area contributed by atoms with Gasteiger partial charge in [0.15, 0.2) is 5.82 Å². The maximum absolute atomic E-state index is 12.8. The molecule has 3 unspecified atom stereocenters. The number of halogens is 3. The first-order chi connectivity index (χ1) is 9.40. The van der Waals surface area contributed by atoms with Gasteiger partial charge in [-0.1, -0.05) is 6.42 Å². The number of rotatable bonds is 4. The molecule has 0 bridgehead atoms. The number of aromatic nitrogens is 4. The first-order valence-electron chi connectivity index (χ1n) is 6.66. The summed E-state index contributed by atoms with van der Waals surface area (Å²) in [5, 5.41) is 11.6. The number of alkyl halides is 3. The largest absolute Gasteiger partial charge is 0.391 e. The molecule has 20 heavy (non-hydrogen) atoms. The fraction of sp³-hybridized carbons (Fsp3) is 0.909. The van der Waals surface area contributed by atoms with Gasteiger partial charge in [0.05, 0.1) is 13.0 Å². The zero-order valence-corrected chi connectivity index (χ0v) is 11.3. The molecule has 0 spiro atoms. The Morgan fingerprint density at radius 1 is 1.45 bits per heavy atom. The van der Waals surface area contributed by atoms with E-state index in [4.69, 9.17) is 5.84 Å². The molecule has 2 rings (SSSR count). The van der Waals surface area contributed by atoms with E-state index in [9.17, 15) is 13.2 Å². The molecule has 0 amide bonds. The van der Waals surface area contributed by atoms with Gasteiger partial charge >= 0.3 is 6.18 Å². The monoisotopic (exact) mass is 292 g/mol. The number of tetrazole rings is 1. The lowest BCUT2D eigenvalue weighted by Crippen LogP contribution is -2.45. The summed E-state index contributed by atoms with van der Waals surface area (Å²) < 4.78 is 38.5. The molecule has 0 radical (unpaired) electrons. The zero-order valence-electron chi connectivity index (χ0n) is 11.3. The Kier molecular flexibility index (Phi) is 4.59. The summed E-state index contributed by atoms with van der Waals surface area (Å²) in [6, 6.07) is -0.260. The molecule has 1 aromatic rings. The molecule has 1 aliphatic carbocycles. The maximum Gasteiger partial charge on any atom is 0.391 e. The smallest absolute Gasteiger partial charge is 0.271 e. The average molecular weight is 292 g/mol. The molecule has 1 heterocycles. The van der Waals surface area contributed by atoms with E-state index in [1.807, 2.05) is 0 Å². The molecular weight excluding hydrogens is 273 g/mol. The molecule has 114 valence electrons. The van der Waals surface area contributed by atoms with Gasteiger partial charge in [0.25, 0.3) is 0 Å². The van der Waals surface area contributed by atoms with Gasteiger partial charge < -0.3 is 0 Å². The number of aryl methyl sites for hydroxylation is 1.